The van der Waals surface area contributed by atoms with Crippen molar-refractivity contribution in [1.29, 1.82) is 0 Å². The van der Waals surface area contributed by atoms with Crippen LogP contribution in [0.4, 0.5) is 0 Å². The Bertz CT molecular complexity index is 165. The van der Waals surface area contributed by atoms with E-state index >= 15 is 0 Å². The van der Waals surface area contributed by atoms with Crippen LogP contribution in [0.25, 0.3) is 0 Å². The minimum absolute atomic E-state index is 0.150. The molecule has 1 fully saturated rings. The third-order valence-electron chi connectivity index (χ3n) is 1.91. The van der Waals surface area contributed by atoms with Gasteiger partial charge in [-0.05, 0) is 13.8 Å². The summed E-state index contributed by atoms with van der Waals surface area (Å²) in [4.78, 5) is 0. The smallest absolute Gasteiger partial charge is 0.234 e. The number of hydrogen-bond donors (Lipinski definition) is 2. The maximum atomic E-state index is 10.7. The predicted octanol–water partition coefficient (Wildman–Crippen LogP) is -0.195. The van der Waals surface area contributed by atoms with Gasteiger partial charge in [0.1, 0.15) is 0 Å². The van der Waals surface area contributed by atoms with Gasteiger partial charge in [0.15, 0.2) is 0 Å². The van der Waals surface area contributed by atoms with E-state index in [2.05, 4.69) is 5.32 Å². The van der Waals surface area contributed by atoms with Crippen LogP contribution >= 0.6 is 0 Å². The fraction of sp³-hybridized carbons (Fsp3) is 1.00. The van der Waals surface area contributed by atoms with E-state index in [0.29, 0.717) is 12.6 Å². The number of rotatable bonds is 1. The zero-order chi connectivity index (χ0) is 8.43. The molecule has 1 saturated heterocycles. The molecule has 1 aliphatic heterocycles. The van der Waals surface area contributed by atoms with E-state index in [0.717, 1.165) is 6.54 Å². The number of hydrogen-bond acceptors (Lipinski definition) is 2. The molecule has 4 nitrogen and oxygen atoms in total. The summed E-state index contributed by atoms with van der Waals surface area (Å²) in [7, 11) is 0. The molecule has 0 aromatic rings. The fourth-order valence-electron chi connectivity index (χ4n) is 1.21. The Kier molecular flexibility index (Phi) is 3.00. The van der Waals surface area contributed by atoms with Crippen molar-refractivity contribution in [2.75, 3.05) is 13.1 Å². The maximum Gasteiger partial charge on any atom is 0.234 e. The quantitative estimate of drug-likeness (QED) is 0.547. The normalized spacial score (nSPS) is 37.0. The zero-order valence-corrected chi connectivity index (χ0v) is 7.60. The molecule has 0 radical (unpaired) electrons. The largest absolute Gasteiger partial charge is 0.311 e. The highest BCUT2D eigenvalue weighted by Crippen LogP contribution is 2.07. The number of piperazine rings is 1. The summed E-state index contributed by atoms with van der Waals surface area (Å²) in [6.07, 6.45) is 0. The van der Waals surface area contributed by atoms with E-state index in [-0.39, 0.29) is 6.04 Å². The van der Waals surface area contributed by atoms with Gasteiger partial charge in [-0.3, -0.25) is 4.55 Å². The highest BCUT2D eigenvalue weighted by Gasteiger charge is 2.25. The molecule has 1 aliphatic rings. The average molecular weight is 178 g/mol. The monoisotopic (exact) mass is 178 g/mol. The van der Waals surface area contributed by atoms with Crippen LogP contribution in [0.2, 0.25) is 0 Å². The van der Waals surface area contributed by atoms with Crippen LogP contribution in [-0.4, -0.2) is 38.2 Å². The molecule has 0 aliphatic carbocycles. The molecule has 3 unspecified atom stereocenters. The Labute approximate surface area is 69.4 Å². The molecule has 2 N–H and O–H groups in total. The lowest BCUT2D eigenvalue weighted by Crippen LogP contribution is -2.54. The molecule has 1 rings (SSSR count). The zero-order valence-electron chi connectivity index (χ0n) is 6.78. The van der Waals surface area contributed by atoms with Gasteiger partial charge in [-0.15, -0.1) is 0 Å². The lowest BCUT2D eigenvalue weighted by Gasteiger charge is -2.34. The Morgan fingerprint density at radius 2 is 2.27 bits per heavy atom. The second kappa shape index (κ2) is 3.62. The maximum absolute atomic E-state index is 10.7. The van der Waals surface area contributed by atoms with E-state index in [1.54, 1.807) is 4.31 Å². The SMILES string of the molecule is CC1CN(S(=O)O)C(C)CN1. The number of nitrogens with zero attached hydrogens (tertiary/aromatic N) is 1. The van der Waals surface area contributed by atoms with Gasteiger partial charge in [0.2, 0.25) is 11.3 Å². The van der Waals surface area contributed by atoms with Gasteiger partial charge in [-0.2, -0.15) is 4.31 Å². The van der Waals surface area contributed by atoms with Crippen LogP contribution < -0.4 is 5.32 Å². The second-order valence-corrected chi connectivity index (χ2v) is 3.92. The first-order valence-corrected chi connectivity index (χ1v) is 4.78. The van der Waals surface area contributed by atoms with Crippen LogP contribution in [0.15, 0.2) is 0 Å². The summed E-state index contributed by atoms with van der Waals surface area (Å²) in [5.41, 5.74) is 0. The van der Waals surface area contributed by atoms with Gasteiger partial charge in [0.25, 0.3) is 0 Å². The Morgan fingerprint density at radius 1 is 1.64 bits per heavy atom. The van der Waals surface area contributed by atoms with Gasteiger partial charge < -0.3 is 5.32 Å². The van der Waals surface area contributed by atoms with E-state index in [1.165, 1.54) is 0 Å². The molecule has 0 saturated carbocycles. The lowest BCUT2D eigenvalue weighted by molar-refractivity contribution is 0.241. The van der Waals surface area contributed by atoms with Crippen LogP contribution in [0.5, 0.6) is 0 Å². The minimum atomic E-state index is -1.81. The predicted molar refractivity (Wildman–Crippen MR) is 44.4 cm³/mol. The van der Waals surface area contributed by atoms with Gasteiger partial charge in [0.05, 0.1) is 0 Å². The summed E-state index contributed by atoms with van der Waals surface area (Å²) in [6.45, 7) is 5.37. The molecule has 3 atom stereocenters. The van der Waals surface area contributed by atoms with Crippen molar-refractivity contribution in [3.8, 4) is 0 Å². The van der Waals surface area contributed by atoms with Gasteiger partial charge in [0, 0.05) is 25.2 Å². The first-order chi connectivity index (χ1) is 5.11. The van der Waals surface area contributed by atoms with Crippen molar-refractivity contribution < 1.29 is 8.76 Å². The lowest BCUT2D eigenvalue weighted by atomic mass is 10.2. The number of nitrogens with one attached hydrogen (secondary N) is 1. The molecule has 0 amide bonds. The van der Waals surface area contributed by atoms with Crippen LogP contribution in [0.3, 0.4) is 0 Å². The molecule has 0 spiro atoms. The summed E-state index contributed by atoms with van der Waals surface area (Å²) in [5, 5.41) is 3.23. The molecule has 1 heterocycles. The molecule has 11 heavy (non-hydrogen) atoms. The highest BCUT2D eigenvalue weighted by molar-refractivity contribution is 7.76. The molecular weight excluding hydrogens is 164 g/mol. The summed E-state index contributed by atoms with van der Waals surface area (Å²) >= 11 is -1.81. The Hall–Kier alpha value is 0.0300. The van der Waals surface area contributed by atoms with Crippen LogP contribution in [-0.2, 0) is 11.3 Å². The van der Waals surface area contributed by atoms with Gasteiger partial charge in [-0.1, -0.05) is 0 Å². The third kappa shape index (κ3) is 2.23. The van der Waals surface area contributed by atoms with E-state index in [9.17, 15) is 4.21 Å². The first-order valence-electron chi connectivity index (χ1n) is 3.72. The topological polar surface area (TPSA) is 52.6 Å². The summed E-state index contributed by atoms with van der Waals surface area (Å²) in [5.74, 6) is 0. The molecule has 0 bridgehead atoms. The van der Waals surface area contributed by atoms with E-state index in [4.69, 9.17) is 4.55 Å². The van der Waals surface area contributed by atoms with Crippen molar-refractivity contribution >= 4 is 11.3 Å². The second-order valence-electron chi connectivity index (χ2n) is 2.99. The molecule has 5 heteroatoms. The van der Waals surface area contributed by atoms with Crippen molar-refractivity contribution in [2.45, 2.75) is 25.9 Å². The molecule has 66 valence electrons. The third-order valence-corrected chi connectivity index (χ3v) is 2.82. The van der Waals surface area contributed by atoms with Crippen molar-refractivity contribution in [3.63, 3.8) is 0 Å². The molecule has 0 aromatic carbocycles. The Morgan fingerprint density at radius 3 is 2.73 bits per heavy atom. The Balaban J connectivity index is 2.54. The van der Waals surface area contributed by atoms with Crippen LogP contribution in [0, 0.1) is 0 Å². The minimum Gasteiger partial charge on any atom is -0.311 e. The van der Waals surface area contributed by atoms with E-state index < -0.39 is 11.3 Å². The van der Waals surface area contributed by atoms with Crippen LogP contribution in [0.1, 0.15) is 13.8 Å². The molecular formula is C6H14N2O2S. The highest BCUT2D eigenvalue weighted by atomic mass is 32.2. The van der Waals surface area contributed by atoms with Gasteiger partial charge >= 0.3 is 0 Å². The van der Waals surface area contributed by atoms with Crippen molar-refractivity contribution in [3.05, 3.63) is 0 Å². The van der Waals surface area contributed by atoms with Crippen molar-refractivity contribution in [2.24, 2.45) is 0 Å². The molecule has 0 aromatic heterocycles. The first kappa shape index (κ1) is 9.12. The average Bonchev–Trinajstić information content (AvgIpc) is 1.94. The van der Waals surface area contributed by atoms with E-state index in [1.807, 2.05) is 13.8 Å². The fourth-order valence-corrected chi connectivity index (χ4v) is 1.94. The van der Waals surface area contributed by atoms with Crippen molar-refractivity contribution in [1.82, 2.24) is 9.62 Å². The standard InChI is InChI=1S/C6H14N2O2S/c1-5-4-8(11(9)10)6(2)3-7-5/h5-7H,3-4H2,1-2H3,(H,9,10). The van der Waals surface area contributed by atoms with Gasteiger partial charge in [-0.25, -0.2) is 4.21 Å². The summed E-state index contributed by atoms with van der Waals surface area (Å²) < 4.78 is 21.1. The summed E-state index contributed by atoms with van der Waals surface area (Å²) in [6, 6.07) is 0.458.